The van der Waals surface area contributed by atoms with Gasteiger partial charge in [-0.05, 0) is 49.9 Å². The molecule has 126 valence electrons. The van der Waals surface area contributed by atoms with Gasteiger partial charge in [-0.1, -0.05) is 6.07 Å². The van der Waals surface area contributed by atoms with Gasteiger partial charge in [0.05, 0.1) is 5.69 Å². The number of piperidine rings is 1. The molecule has 2 aromatic heterocycles. The highest BCUT2D eigenvalue weighted by Crippen LogP contribution is 2.21. The SMILES string of the molecule is CNC(=O)c1cc(C[C@@H]2CCCN(Cc3ccccn3)C2)ncn1. The maximum atomic E-state index is 11.7. The summed E-state index contributed by atoms with van der Waals surface area (Å²) in [5.74, 6) is 0.383. The number of nitrogens with zero attached hydrogens (tertiary/aromatic N) is 4. The lowest BCUT2D eigenvalue weighted by Gasteiger charge is -2.32. The minimum absolute atomic E-state index is 0.168. The Labute approximate surface area is 142 Å². The van der Waals surface area contributed by atoms with E-state index in [1.165, 1.54) is 19.2 Å². The van der Waals surface area contributed by atoms with E-state index in [0.29, 0.717) is 11.6 Å². The van der Waals surface area contributed by atoms with Crippen LogP contribution in [0.5, 0.6) is 0 Å². The van der Waals surface area contributed by atoms with Crippen molar-refractivity contribution in [2.45, 2.75) is 25.8 Å². The minimum atomic E-state index is -0.168. The Kier molecular flexibility index (Phi) is 5.48. The normalized spacial score (nSPS) is 18.3. The standard InChI is InChI=1S/C18H23N5O/c1-19-18(24)17-10-16(21-13-22-17)9-14-5-4-8-23(11-14)12-15-6-2-3-7-20-15/h2-3,6-7,10,13-14H,4-5,8-9,11-12H2,1H3,(H,19,24)/t14-/m0/s1. The van der Waals surface area contributed by atoms with Crippen LogP contribution >= 0.6 is 0 Å². The second-order valence-electron chi connectivity index (χ2n) is 6.24. The fourth-order valence-corrected chi connectivity index (χ4v) is 3.24. The molecule has 1 fully saturated rings. The molecular formula is C18H23N5O. The molecule has 1 aliphatic rings. The van der Waals surface area contributed by atoms with E-state index in [1.807, 2.05) is 18.3 Å². The Morgan fingerprint density at radius 2 is 2.21 bits per heavy atom. The van der Waals surface area contributed by atoms with Gasteiger partial charge in [-0.3, -0.25) is 14.7 Å². The molecule has 0 unspecified atom stereocenters. The zero-order valence-electron chi connectivity index (χ0n) is 14.0. The molecule has 0 bridgehead atoms. The van der Waals surface area contributed by atoms with E-state index in [2.05, 4.69) is 31.2 Å². The number of aromatic nitrogens is 3. The highest BCUT2D eigenvalue weighted by Gasteiger charge is 2.21. The fraction of sp³-hybridized carbons (Fsp3) is 0.444. The number of pyridine rings is 1. The van der Waals surface area contributed by atoms with Gasteiger partial charge in [0.2, 0.25) is 0 Å². The lowest BCUT2D eigenvalue weighted by molar-refractivity contribution is 0.0957. The van der Waals surface area contributed by atoms with E-state index in [-0.39, 0.29) is 5.91 Å². The second kappa shape index (κ2) is 7.97. The molecule has 0 spiro atoms. The molecule has 0 saturated carbocycles. The molecule has 1 amide bonds. The molecule has 0 radical (unpaired) electrons. The summed E-state index contributed by atoms with van der Waals surface area (Å²) in [7, 11) is 1.61. The Bertz CT molecular complexity index is 676. The van der Waals surface area contributed by atoms with Crippen LogP contribution in [0.25, 0.3) is 0 Å². The van der Waals surface area contributed by atoms with Crippen molar-refractivity contribution < 1.29 is 4.79 Å². The first kappa shape index (κ1) is 16.5. The summed E-state index contributed by atoms with van der Waals surface area (Å²) in [5.41, 5.74) is 2.49. The second-order valence-corrected chi connectivity index (χ2v) is 6.24. The molecule has 6 heteroatoms. The van der Waals surface area contributed by atoms with E-state index in [4.69, 9.17) is 0 Å². The largest absolute Gasteiger partial charge is 0.354 e. The number of likely N-dealkylation sites (tertiary alicyclic amines) is 1. The zero-order chi connectivity index (χ0) is 16.8. The van der Waals surface area contributed by atoms with Gasteiger partial charge < -0.3 is 5.32 Å². The summed E-state index contributed by atoms with van der Waals surface area (Å²) < 4.78 is 0. The van der Waals surface area contributed by atoms with Crippen molar-refractivity contribution >= 4 is 5.91 Å². The number of nitrogens with one attached hydrogen (secondary N) is 1. The van der Waals surface area contributed by atoms with Crippen LogP contribution in [0.3, 0.4) is 0 Å². The molecule has 2 aromatic rings. The molecule has 1 atom stereocenters. The molecule has 24 heavy (non-hydrogen) atoms. The quantitative estimate of drug-likeness (QED) is 0.906. The summed E-state index contributed by atoms with van der Waals surface area (Å²) in [6, 6.07) is 7.85. The molecule has 1 saturated heterocycles. The van der Waals surface area contributed by atoms with Gasteiger partial charge in [0.1, 0.15) is 12.0 Å². The first-order valence-corrected chi connectivity index (χ1v) is 8.40. The van der Waals surface area contributed by atoms with Gasteiger partial charge >= 0.3 is 0 Å². The number of carbonyl (C=O) groups excluding carboxylic acids is 1. The molecule has 1 N–H and O–H groups in total. The first-order chi connectivity index (χ1) is 11.7. The summed E-state index contributed by atoms with van der Waals surface area (Å²) >= 11 is 0. The Balaban J connectivity index is 1.60. The molecule has 0 aromatic carbocycles. The van der Waals surface area contributed by atoms with E-state index < -0.39 is 0 Å². The summed E-state index contributed by atoms with van der Waals surface area (Å²) in [6.45, 7) is 3.04. The van der Waals surface area contributed by atoms with Crippen LogP contribution in [-0.4, -0.2) is 45.9 Å². The molecular weight excluding hydrogens is 302 g/mol. The highest BCUT2D eigenvalue weighted by atomic mass is 16.1. The van der Waals surface area contributed by atoms with Gasteiger partial charge in [-0.25, -0.2) is 9.97 Å². The van der Waals surface area contributed by atoms with Crippen molar-refractivity contribution in [3.05, 3.63) is 53.9 Å². The third-order valence-corrected chi connectivity index (χ3v) is 4.40. The molecule has 6 nitrogen and oxygen atoms in total. The molecule has 3 rings (SSSR count). The summed E-state index contributed by atoms with van der Waals surface area (Å²) in [5, 5.41) is 2.60. The highest BCUT2D eigenvalue weighted by molar-refractivity contribution is 5.91. The Morgan fingerprint density at radius 1 is 1.29 bits per heavy atom. The van der Waals surface area contributed by atoms with Crippen LogP contribution in [0.15, 0.2) is 36.8 Å². The Morgan fingerprint density at radius 3 is 3.00 bits per heavy atom. The fourth-order valence-electron chi connectivity index (χ4n) is 3.24. The average molecular weight is 325 g/mol. The summed E-state index contributed by atoms with van der Waals surface area (Å²) in [6.07, 6.45) is 6.58. The van der Waals surface area contributed by atoms with Gasteiger partial charge in [0, 0.05) is 32.0 Å². The lowest BCUT2D eigenvalue weighted by Crippen LogP contribution is -2.36. The maximum Gasteiger partial charge on any atom is 0.269 e. The van der Waals surface area contributed by atoms with Crippen LogP contribution in [0.4, 0.5) is 0 Å². The van der Waals surface area contributed by atoms with Crippen molar-refractivity contribution in [2.75, 3.05) is 20.1 Å². The van der Waals surface area contributed by atoms with Gasteiger partial charge in [-0.2, -0.15) is 0 Å². The number of hydrogen-bond donors (Lipinski definition) is 1. The maximum absolute atomic E-state index is 11.7. The smallest absolute Gasteiger partial charge is 0.269 e. The third kappa shape index (κ3) is 4.35. The molecule has 0 aliphatic carbocycles. The van der Waals surface area contributed by atoms with Crippen LogP contribution in [0.1, 0.15) is 34.7 Å². The number of rotatable bonds is 5. The van der Waals surface area contributed by atoms with Crippen molar-refractivity contribution in [1.82, 2.24) is 25.2 Å². The van der Waals surface area contributed by atoms with Gasteiger partial charge in [-0.15, -0.1) is 0 Å². The summed E-state index contributed by atoms with van der Waals surface area (Å²) in [4.78, 5) is 26.9. The van der Waals surface area contributed by atoms with Crippen LogP contribution in [-0.2, 0) is 13.0 Å². The van der Waals surface area contributed by atoms with Crippen LogP contribution in [0.2, 0.25) is 0 Å². The number of amides is 1. The van der Waals surface area contributed by atoms with E-state index in [9.17, 15) is 4.79 Å². The van der Waals surface area contributed by atoms with Gasteiger partial charge in [0.15, 0.2) is 0 Å². The number of carbonyl (C=O) groups is 1. The van der Waals surface area contributed by atoms with E-state index >= 15 is 0 Å². The van der Waals surface area contributed by atoms with E-state index in [0.717, 1.165) is 37.4 Å². The predicted molar refractivity (Wildman–Crippen MR) is 91.4 cm³/mol. The molecule has 1 aliphatic heterocycles. The Hall–Kier alpha value is -2.34. The monoisotopic (exact) mass is 325 g/mol. The van der Waals surface area contributed by atoms with Crippen molar-refractivity contribution in [2.24, 2.45) is 5.92 Å². The first-order valence-electron chi connectivity index (χ1n) is 8.40. The van der Waals surface area contributed by atoms with Crippen molar-refractivity contribution in [3.8, 4) is 0 Å². The van der Waals surface area contributed by atoms with Crippen molar-refractivity contribution in [3.63, 3.8) is 0 Å². The van der Waals surface area contributed by atoms with Gasteiger partial charge in [0.25, 0.3) is 5.91 Å². The third-order valence-electron chi connectivity index (χ3n) is 4.40. The lowest BCUT2D eigenvalue weighted by atomic mass is 9.93. The topological polar surface area (TPSA) is 71.0 Å². The average Bonchev–Trinajstić information content (AvgIpc) is 2.62. The molecule has 3 heterocycles. The predicted octanol–water partition coefficient (Wildman–Crippen LogP) is 1.69. The van der Waals surface area contributed by atoms with Crippen LogP contribution < -0.4 is 5.32 Å². The number of hydrogen-bond acceptors (Lipinski definition) is 5. The van der Waals surface area contributed by atoms with Crippen LogP contribution in [0, 0.1) is 5.92 Å². The van der Waals surface area contributed by atoms with E-state index in [1.54, 1.807) is 13.1 Å². The van der Waals surface area contributed by atoms with Crippen molar-refractivity contribution in [1.29, 1.82) is 0 Å². The minimum Gasteiger partial charge on any atom is -0.354 e. The zero-order valence-corrected chi connectivity index (χ0v) is 14.0.